The zero-order valence-electron chi connectivity index (χ0n) is 14.1. The first-order valence-electron chi connectivity index (χ1n) is 7.89. The van der Waals surface area contributed by atoms with Crippen molar-refractivity contribution in [2.75, 3.05) is 27.2 Å². The largest absolute Gasteiger partial charge is 0.497 e. The van der Waals surface area contributed by atoms with E-state index in [1.165, 1.54) is 5.56 Å². The normalized spacial score (nSPS) is 10.7. The van der Waals surface area contributed by atoms with Crippen molar-refractivity contribution in [3.8, 4) is 5.75 Å². The fraction of sp³-hybridized carbons (Fsp3) is 0.316. The Morgan fingerprint density at radius 3 is 2.58 bits per heavy atom. The topological polar surface area (TPSA) is 41.6 Å². The van der Waals surface area contributed by atoms with Gasteiger partial charge >= 0.3 is 0 Å². The van der Waals surface area contributed by atoms with Crippen LogP contribution in [0.3, 0.4) is 0 Å². The molecule has 24 heavy (non-hydrogen) atoms. The van der Waals surface area contributed by atoms with Crippen molar-refractivity contribution in [2.24, 2.45) is 0 Å². The van der Waals surface area contributed by atoms with E-state index in [1.54, 1.807) is 7.11 Å². The van der Waals surface area contributed by atoms with Gasteiger partial charge < -0.3 is 10.1 Å². The Kier molecular flexibility index (Phi) is 7.09. The molecule has 5 heteroatoms. The molecule has 0 unspecified atom stereocenters. The van der Waals surface area contributed by atoms with Gasteiger partial charge in [0.05, 0.1) is 13.7 Å². The SMILES string of the molecule is COc1ccc(CCNC(=O)CN(C)Cc2cccc(Cl)c2)cc1. The monoisotopic (exact) mass is 346 g/mol. The van der Waals surface area contributed by atoms with E-state index >= 15 is 0 Å². The molecule has 0 aliphatic rings. The second-order valence-corrected chi connectivity index (χ2v) is 6.19. The van der Waals surface area contributed by atoms with Gasteiger partial charge in [-0.2, -0.15) is 0 Å². The van der Waals surface area contributed by atoms with Crippen LogP contribution in [0.1, 0.15) is 11.1 Å². The summed E-state index contributed by atoms with van der Waals surface area (Å²) in [6.45, 7) is 1.66. The summed E-state index contributed by atoms with van der Waals surface area (Å²) in [5, 5.41) is 3.66. The third-order valence-corrected chi connectivity index (χ3v) is 3.89. The molecule has 0 saturated carbocycles. The van der Waals surface area contributed by atoms with Gasteiger partial charge in [-0.1, -0.05) is 35.9 Å². The Morgan fingerprint density at radius 2 is 1.92 bits per heavy atom. The Balaban J connectivity index is 1.70. The molecule has 0 atom stereocenters. The maximum absolute atomic E-state index is 12.0. The smallest absolute Gasteiger partial charge is 0.234 e. The number of ether oxygens (including phenoxy) is 1. The molecule has 0 aliphatic carbocycles. The van der Waals surface area contributed by atoms with Crippen LogP contribution < -0.4 is 10.1 Å². The van der Waals surface area contributed by atoms with Crippen LogP contribution >= 0.6 is 11.6 Å². The van der Waals surface area contributed by atoms with Gasteiger partial charge in [-0.15, -0.1) is 0 Å². The van der Waals surface area contributed by atoms with E-state index < -0.39 is 0 Å². The highest BCUT2D eigenvalue weighted by Crippen LogP contribution is 2.12. The van der Waals surface area contributed by atoms with Crippen LogP contribution in [-0.2, 0) is 17.8 Å². The average Bonchev–Trinajstić information content (AvgIpc) is 2.55. The number of halogens is 1. The Labute approximate surface area is 148 Å². The fourth-order valence-corrected chi connectivity index (χ4v) is 2.66. The third kappa shape index (κ3) is 6.22. The molecule has 0 bridgehead atoms. The lowest BCUT2D eigenvalue weighted by Gasteiger charge is -2.16. The third-order valence-electron chi connectivity index (χ3n) is 3.65. The zero-order valence-corrected chi connectivity index (χ0v) is 14.8. The van der Waals surface area contributed by atoms with Crippen LogP contribution in [0.4, 0.5) is 0 Å². The van der Waals surface area contributed by atoms with Crippen LogP contribution in [-0.4, -0.2) is 38.1 Å². The minimum Gasteiger partial charge on any atom is -0.497 e. The van der Waals surface area contributed by atoms with Crippen LogP contribution in [0, 0.1) is 0 Å². The van der Waals surface area contributed by atoms with Crippen molar-refractivity contribution in [1.29, 1.82) is 0 Å². The molecule has 0 aromatic heterocycles. The standard InChI is InChI=1S/C19H23ClN2O2/c1-22(13-16-4-3-5-17(20)12-16)14-19(23)21-11-10-15-6-8-18(24-2)9-7-15/h3-9,12H,10-11,13-14H2,1-2H3,(H,21,23). The number of likely N-dealkylation sites (N-methyl/N-ethyl adjacent to an activating group) is 1. The van der Waals surface area contributed by atoms with Gasteiger partial charge in [0.25, 0.3) is 0 Å². The molecule has 4 nitrogen and oxygen atoms in total. The van der Waals surface area contributed by atoms with E-state index in [0.717, 1.165) is 17.7 Å². The number of benzene rings is 2. The number of nitrogens with one attached hydrogen (secondary N) is 1. The fourth-order valence-electron chi connectivity index (χ4n) is 2.44. The Bertz CT molecular complexity index is 659. The summed E-state index contributed by atoms with van der Waals surface area (Å²) >= 11 is 5.97. The van der Waals surface area contributed by atoms with E-state index in [0.29, 0.717) is 24.7 Å². The molecule has 2 rings (SSSR count). The number of amides is 1. The molecular weight excluding hydrogens is 324 g/mol. The molecule has 1 amide bonds. The second kappa shape index (κ2) is 9.30. The summed E-state index contributed by atoms with van der Waals surface area (Å²) in [4.78, 5) is 14.0. The summed E-state index contributed by atoms with van der Waals surface area (Å²) in [5.41, 5.74) is 2.26. The van der Waals surface area contributed by atoms with Crippen LogP contribution in [0.15, 0.2) is 48.5 Å². The van der Waals surface area contributed by atoms with E-state index in [-0.39, 0.29) is 5.91 Å². The second-order valence-electron chi connectivity index (χ2n) is 5.75. The summed E-state index contributed by atoms with van der Waals surface area (Å²) in [7, 11) is 3.57. The van der Waals surface area contributed by atoms with Crippen molar-refractivity contribution in [3.63, 3.8) is 0 Å². The van der Waals surface area contributed by atoms with Gasteiger partial charge in [0.2, 0.25) is 5.91 Å². The predicted molar refractivity (Wildman–Crippen MR) is 97.5 cm³/mol. The summed E-state index contributed by atoms with van der Waals surface area (Å²) in [5.74, 6) is 0.860. The van der Waals surface area contributed by atoms with E-state index in [4.69, 9.17) is 16.3 Å². The number of rotatable bonds is 8. The molecule has 2 aromatic rings. The number of hydrogen-bond acceptors (Lipinski definition) is 3. The number of carbonyl (C=O) groups is 1. The molecule has 0 saturated heterocycles. The number of carbonyl (C=O) groups excluding carboxylic acids is 1. The first-order chi connectivity index (χ1) is 11.6. The van der Waals surface area contributed by atoms with Crippen LogP contribution in [0.5, 0.6) is 5.75 Å². The Hall–Kier alpha value is -2.04. The lowest BCUT2D eigenvalue weighted by molar-refractivity contribution is -0.122. The molecule has 2 aromatic carbocycles. The summed E-state index contributed by atoms with van der Waals surface area (Å²) in [6.07, 6.45) is 0.799. The highest BCUT2D eigenvalue weighted by atomic mass is 35.5. The highest BCUT2D eigenvalue weighted by molar-refractivity contribution is 6.30. The lowest BCUT2D eigenvalue weighted by atomic mass is 10.1. The minimum absolute atomic E-state index is 0.0213. The molecule has 1 N–H and O–H groups in total. The van der Waals surface area contributed by atoms with Crippen LogP contribution in [0.25, 0.3) is 0 Å². The van der Waals surface area contributed by atoms with Crippen molar-refractivity contribution < 1.29 is 9.53 Å². The highest BCUT2D eigenvalue weighted by Gasteiger charge is 2.07. The van der Waals surface area contributed by atoms with Crippen molar-refractivity contribution in [1.82, 2.24) is 10.2 Å². The van der Waals surface area contributed by atoms with Gasteiger partial charge in [-0.05, 0) is 48.9 Å². The number of methoxy groups -OCH3 is 1. The summed E-state index contributed by atoms with van der Waals surface area (Å²) in [6, 6.07) is 15.6. The lowest BCUT2D eigenvalue weighted by Crippen LogP contribution is -2.35. The maximum Gasteiger partial charge on any atom is 0.234 e. The molecule has 128 valence electrons. The quantitative estimate of drug-likeness (QED) is 0.798. The van der Waals surface area contributed by atoms with E-state index in [2.05, 4.69) is 5.32 Å². The summed E-state index contributed by atoms with van der Waals surface area (Å²) < 4.78 is 5.13. The minimum atomic E-state index is 0.0213. The Morgan fingerprint density at radius 1 is 1.17 bits per heavy atom. The molecule has 0 heterocycles. The molecular formula is C19H23ClN2O2. The van der Waals surface area contributed by atoms with Crippen molar-refractivity contribution in [3.05, 3.63) is 64.7 Å². The molecule has 0 radical (unpaired) electrons. The van der Waals surface area contributed by atoms with Crippen molar-refractivity contribution >= 4 is 17.5 Å². The molecule has 0 aliphatic heterocycles. The van der Waals surface area contributed by atoms with Gasteiger partial charge in [0.1, 0.15) is 5.75 Å². The van der Waals surface area contributed by atoms with Crippen molar-refractivity contribution in [2.45, 2.75) is 13.0 Å². The predicted octanol–water partition coefficient (Wildman–Crippen LogP) is 3.14. The van der Waals surface area contributed by atoms with E-state index in [9.17, 15) is 4.79 Å². The first-order valence-corrected chi connectivity index (χ1v) is 8.27. The van der Waals surface area contributed by atoms with E-state index in [1.807, 2.05) is 60.5 Å². The number of nitrogens with zero attached hydrogens (tertiary/aromatic N) is 1. The van der Waals surface area contributed by atoms with Gasteiger partial charge in [0, 0.05) is 18.1 Å². The maximum atomic E-state index is 12.0. The van der Waals surface area contributed by atoms with Gasteiger partial charge in [-0.25, -0.2) is 0 Å². The molecule has 0 fully saturated rings. The average molecular weight is 347 g/mol. The zero-order chi connectivity index (χ0) is 17.4. The number of hydrogen-bond donors (Lipinski definition) is 1. The van der Waals surface area contributed by atoms with Gasteiger partial charge in [0.15, 0.2) is 0 Å². The molecule has 0 spiro atoms. The first kappa shape index (κ1) is 18.3. The van der Waals surface area contributed by atoms with Gasteiger partial charge in [-0.3, -0.25) is 9.69 Å². The van der Waals surface area contributed by atoms with Crippen LogP contribution in [0.2, 0.25) is 5.02 Å².